The van der Waals surface area contributed by atoms with Gasteiger partial charge in [-0.15, -0.1) is 0 Å². The van der Waals surface area contributed by atoms with Crippen LogP contribution in [-0.4, -0.2) is 4.98 Å². The van der Waals surface area contributed by atoms with E-state index >= 15 is 0 Å². The molecule has 0 radical (unpaired) electrons. The Morgan fingerprint density at radius 3 is 2.71 bits per heavy atom. The van der Waals surface area contributed by atoms with Crippen molar-refractivity contribution < 1.29 is 4.42 Å². The number of aryl methyl sites for hydroxylation is 2. The van der Waals surface area contributed by atoms with Crippen LogP contribution in [0.1, 0.15) is 11.3 Å². The quantitative estimate of drug-likeness (QED) is 0.699. The monoisotopic (exact) mass is 188 g/mol. The lowest BCUT2D eigenvalue weighted by Gasteiger charge is -2.01. The van der Waals surface area contributed by atoms with Crippen molar-refractivity contribution in [3.8, 4) is 11.5 Å². The summed E-state index contributed by atoms with van der Waals surface area (Å²) < 4.78 is 5.32. The molecule has 0 aliphatic rings. The first-order valence-electron chi connectivity index (χ1n) is 4.45. The highest BCUT2D eigenvalue weighted by Crippen LogP contribution is 2.24. The van der Waals surface area contributed by atoms with Gasteiger partial charge in [0.05, 0.1) is 5.69 Å². The molecule has 2 N–H and O–H groups in total. The van der Waals surface area contributed by atoms with Crippen molar-refractivity contribution in [2.45, 2.75) is 13.8 Å². The summed E-state index contributed by atoms with van der Waals surface area (Å²) in [6.45, 7) is 3.91. The van der Waals surface area contributed by atoms with Gasteiger partial charge in [-0.1, -0.05) is 6.07 Å². The summed E-state index contributed by atoms with van der Waals surface area (Å²) in [6.07, 6.45) is 1.64. The summed E-state index contributed by atoms with van der Waals surface area (Å²) in [4.78, 5) is 4.26. The molecule has 0 saturated carbocycles. The standard InChI is InChI=1S/C11H12N2O/c1-7-3-4-9(12)5-10(7)11-13-8(2)6-14-11/h3-6H,12H2,1-2H3. The molecular weight excluding hydrogens is 176 g/mol. The zero-order valence-corrected chi connectivity index (χ0v) is 8.24. The lowest BCUT2D eigenvalue weighted by atomic mass is 10.1. The molecule has 2 rings (SSSR count). The maximum atomic E-state index is 5.70. The number of anilines is 1. The summed E-state index contributed by atoms with van der Waals surface area (Å²) in [5.41, 5.74) is 9.37. The van der Waals surface area contributed by atoms with Gasteiger partial charge in [-0.05, 0) is 31.5 Å². The molecule has 3 heteroatoms. The first kappa shape index (κ1) is 8.81. The van der Waals surface area contributed by atoms with Crippen molar-refractivity contribution in [3.63, 3.8) is 0 Å². The molecule has 1 aromatic heterocycles. The van der Waals surface area contributed by atoms with Gasteiger partial charge in [0.25, 0.3) is 0 Å². The molecule has 72 valence electrons. The normalized spacial score (nSPS) is 10.4. The number of rotatable bonds is 1. The average molecular weight is 188 g/mol. The van der Waals surface area contributed by atoms with Crippen molar-refractivity contribution in [1.29, 1.82) is 0 Å². The fourth-order valence-electron chi connectivity index (χ4n) is 1.35. The van der Waals surface area contributed by atoms with E-state index in [1.54, 1.807) is 6.26 Å². The number of nitrogen functional groups attached to an aromatic ring is 1. The molecule has 0 aliphatic carbocycles. The smallest absolute Gasteiger partial charge is 0.226 e. The molecule has 0 atom stereocenters. The second kappa shape index (κ2) is 3.18. The minimum absolute atomic E-state index is 0.632. The minimum atomic E-state index is 0.632. The zero-order chi connectivity index (χ0) is 10.1. The molecule has 0 spiro atoms. The number of aromatic nitrogens is 1. The lowest BCUT2D eigenvalue weighted by molar-refractivity contribution is 0.573. The van der Waals surface area contributed by atoms with E-state index in [0.29, 0.717) is 5.89 Å². The number of oxazole rings is 1. The second-order valence-electron chi connectivity index (χ2n) is 3.37. The summed E-state index contributed by atoms with van der Waals surface area (Å²) in [5.74, 6) is 0.632. The van der Waals surface area contributed by atoms with Gasteiger partial charge in [-0.3, -0.25) is 0 Å². The van der Waals surface area contributed by atoms with E-state index in [0.717, 1.165) is 22.5 Å². The van der Waals surface area contributed by atoms with Crippen LogP contribution in [0.4, 0.5) is 5.69 Å². The lowest BCUT2D eigenvalue weighted by Crippen LogP contribution is -1.88. The van der Waals surface area contributed by atoms with Gasteiger partial charge in [0.1, 0.15) is 6.26 Å². The Morgan fingerprint density at radius 2 is 2.07 bits per heavy atom. The molecule has 0 fully saturated rings. The van der Waals surface area contributed by atoms with E-state index < -0.39 is 0 Å². The van der Waals surface area contributed by atoms with Crippen molar-refractivity contribution in [1.82, 2.24) is 4.98 Å². The summed E-state index contributed by atoms with van der Waals surface area (Å²) >= 11 is 0. The number of benzene rings is 1. The predicted molar refractivity (Wildman–Crippen MR) is 55.8 cm³/mol. The van der Waals surface area contributed by atoms with E-state index in [9.17, 15) is 0 Å². The fraction of sp³-hybridized carbons (Fsp3) is 0.182. The van der Waals surface area contributed by atoms with E-state index in [1.165, 1.54) is 0 Å². The van der Waals surface area contributed by atoms with Crippen molar-refractivity contribution in [2.24, 2.45) is 0 Å². The van der Waals surface area contributed by atoms with Gasteiger partial charge in [0.2, 0.25) is 5.89 Å². The van der Waals surface area contributed by atoms with E-state index in [1.807, 2.05) is 32.0 Å². The van der Waals surface area contributed by atoms with Crippen molar-refractivity contribution >= 4 is 5.69 Å². The Hall–Kier alpha value is -1.77. The molecule has 1 heterocycles. The molecule has 2 aromatic rings. The highest BCUT2D eigenvalue weighted by atomic mass is 16.3. The van der Waals surface area contributed by atoms with Gasteiger partial charge < -0.3 is 10.2 Å². The van der Waals surface area contributed by atoms with Crippen LogP contribution in [0.5, 0.6) is 0 Å². The molecular formula is C11H12N2O. The van der Waals surface area contributed by atoms with E-state index in [2.05, 4.69) is 4.98 Å². The van der Waals surface area contributed by atoms with Crippen molar-refractivity contribution in [3.05, 3.63) is 35.7 Å². The van der Waals surface area contributed by atoms with Gasteiger partial charge in [0, 0.05) is 11.3 Å². The highest BCUT2D eigenvalue weighted by Gasteiger charge is 2.07. The number of hydrogen-bond acceptors (Lipinski definition) is 3. The maximum absolute atomic E-state index is 5.70. The Balaban J connectivity index is 2.55. The Morgan fingerprint density at radius 1 is 1.29 bits per heavy atom. The molecule has 0 aliphatic heterocycles. The zero-order valence-electron chi connectivity index (χ0n) is 8.24. The van der Waals surface area contributed by atoms with Crippen LogP contribution in [0.15, 0.2) is 28.9 Å². The largest absolute Gasteiger partial charge is 0.444 e. The minimum Gasteiger partial charge on any atom is -0.444 e. The summed E-state index contributed by atoms with van der Waals surface area (Å²) in [5, 5.41) is 0. The molecule has 0 amide bonds. The van der Waals surface area contributed by atoms with Crippen LogP contribution < -0.4 is 5.73 Å². The van der Waals surface area contributed by atoms with Crippen LogP contribution in [0.25, 0.3) is 11.5 Å². The van der Waals surface area contributed by atoms with Crippen LogP contribution in [0, 0.1) is 13.8 Å². The van der Waals surface area contributed by atoms with Crippen LogP contribution in [0.2, 0.25) is 0 Å². The Labute approximate surface area is 82.6 Å². The SMILES string of the molecule is Cc1coc(-c2cc(N)ccc2C)n1. The van der Waals surface area contributed by atoms with Gasteiger partial charge in [-0.25, -0.2) is 4.98 Å². The molecule has 0 unspecified atom stereocenters. The summed E-state index contributed by atoms with van der Waals surface area (Å²) in [6, 6.07) is 5.71. The van der Waals surface area contributed by atoms with Gasteiger partial charge in [0.15, 0.2) is 0 Å². The third-order valence-corrected chi connectivity index (χ3v) is 2.11. The van der Waals surface area contributed by atoms with Crippen LogP contribution in [-0.2, 0) is 0 Å². The second-order valence-corrected chi connectivity index (χ2v) is 3.37. The van der Waals surface area contributed by atoms with Crippen LogP contribution in [0.3, 0.4) is 0 Å². The molecule has 14 heavy (non-hydrogen) atoms. The van der Waals surface area contributed by atoms with E-state index in [-0.39, 0.29) is 0 Å². The number of nitrogens with zero attached hydrogens (tertiary/aromatic N) is 1. The summed E-state index contributed by atoms with van der Waals surface area (Å²) in [7, 11) is 0. The topological polar surface area (TPSA) is 52.0 Å². The first-order valence-corrected chi connectivity index (χ1v) is 4.45. The molecule has 3 nitrogen and oxygen atoms in total. The van der Waals surface area contributed by atoms with Crippen molar-refractivity contribution in [2.75, 3.05) is 5.73 Å². The molecule has 0 bridgehead atoms. The third kappa shape index (κ3) is 1.48. The van der Waals surface area contributed by atoms with Crippen LogP contribution >= 0.6 is 0 Å². The maximum Gasteiger partial charge on any atom is 0.226 e. The van der Waals surface area contributed by atoms with E-state index in [4.69, 9.17) is 10.2 Å². The fourth-order valence-corrected chi connectivity index (χ4v) is 1.35. The third-order valence-electron chi connectivity index (χ3n) is 2.11. The Bertz CT molecular complexity index is 460. The molecule has 0 saturated heterocycles. The highest BCUT2D eigenvalue weighted by molar-refractivity contribution is 5.64. The average Bonchev–Trinajstić information content (AvgIpc) is 2.56. The number of nitrogens with two attached hydrogens (primary N) is 1. The van der Waals surface area contributed by atoms with Gasteiger partial charge >= 0.3 is 0 Å². The number of hydrogen-bond donors (Lipinski definition) is 1. The predicted octanol–water partition coefficient (Wildman–Crippen LogP) is 2.54. The Kier molecular flexibility index (Phi) is 2.00. The van der Waals surface area contributed by atoms with Gasteiger partial charge in [-0.2, -0.15) is 0 Å². The first-order chi connectivity index (χ1) is 6.66. The molecule has 1 aromatic carbocycles.